The van der Waals surface area contributed by atoms with Crippen LogP contribution in [0.2, 0.25) is 0 Å². The van der Waals surface area contributed by atoms with E-state index in [4.69, 9.17) is 20.5 Å². The van der Waals surface area contributed by atoms with Crippen LogP contribution in [0.3, 0.4) is 0 Å². The van der Waals surface area contributed by atoms with Gasteiger partial charge in [0.25, 0.3) is 0 Å². The Kier molecular flexibility index (Phi) is 5.96. The molecule has 21 heavy (non-hydrogen) atoms. The average Bonchev–Trinajstić information content (AvgIpc) is 2.46. The van der Waals surface area contributed by atoms with Crippen molar-refractivity contribution in [2.45, 2.75) is 13.3 Å². The Hall–Kier alpha value is -2.81. The van der Waals surface area contributed by atoms with E-state index in [0.29, 0.717) is 5.75 Å². The molecule has 1 rings (SSSR count). The van der Waals surface area contributed by atoms with E-state index in [9.17, 15) is 9.59 Å². The van der Waals surface area contributed by atoms with Gasteiger partial charge in [0.2, 0.25) is 5.78 Å². The summed E-state index contributed by atoms with van der Waals surface area (Å²) in [6, 6.07) is 8.59. The van der Waals surface area contributed by atoms with Gasteiger partial charge < -0.3 is 15.2 Å². The molecular weight excluding hydrogens is 272 g/mol. The molecule has 6 heteroatoms. The van der Waals surface area contributed by atoms with E-state index in [-0.39, 0.29) is 17.7 Å². The van der Waals surface area contributed by atoms with E-state index >= 15 is 0 Å². The van der Waals surface area contributed by atoms with Crippen LogP contribution in [-0.4, -0.2) is 25.5 Å². The fourth-order valence-corrected chi connectivity index (χ4v) is 1.55. The van der Waals surface area contributed by atoms with Gasteiger partial charge in [0.15, 0.2) is 6.61 Å². The summed E-state index contributed by atoms with van der Waals surface area (Å²) in [6.45, 7) is 0.946. The predicted octanol–water partition coefficient (Wildman–Crippen LogP) is 1.11. The van der Waals surface area contributed by atoms with Crippen LogP contribution in [0.4, 0.5) is 0 Å². The van der Waals surface area contributed by atoms with Crippen LogP contribution in [-0.2, 0) is 20.7 Å². The maximum atomic E-state index is 11.6. The Bertz CT molecular complexity index is 593. The van der Waals surface area contributed by atoms with Gasteiger partial charge in [-0.2, -0.15) is 5.26 Å². The number of rotatable bonds is 6. The Morgan fingerprint density at radius 2 is 1.90 bits per heavy atom. The van der Waals surface area contributed by atoms with Crippen LogP contribution in [0, 0.1) is 11.3 Å². The number of ether oxygens (including phenoxy) is 2. The van der Waals surface area contributed by atoms with Crippen LogP contribution >= 0.6 is 0 Å². The lowest BCUT2D eigenvalue weighted by molar-refractivity contribution is -0.146. The number of Topliss-reactive ketones (excluding diaryl/α,β-unsaturated/α-hetero) is 1. The normalized spacial score (nSPS) is 11.1. The third-order valence-corrected chi connectivity index (χ3v) is 2.66. The lowest BCUT2D eigenvalue weighted by atomic mass is 10.1. The second-order valence-corrected chi connectivity index (χ2v) is 4.28. The second kappa shape index (κ2) is 7.70. The summed E-state index contributed by atoms with van der Waals surface area (Å²) in [5.41, 5.74) is 6.04. The highest BCUT2D eigenvalue weighted by Gasteiger charge is 2.14. The van der Waals surface area contributed by atoms with Gasteiger partial charge >= 0.3 is 5.97 Å². The molecule has 110 valence electrons. The number of esters is 1. The van der Waals surface area contributed by atoms with Gasteiger partial charge in [-0.3, -0.25) is 9.59 Å². The van der Waals surface area contributed by atoms with Gasteiger partial charge in [-0.25, -0.2) is 0 Å². The predicted molar refractivity (Wildman–Crippen MR) is 75.2 cm³/mol. The van der Waals surface area contributed by atoms with Gasteiger partial charge in [0, 0.05) is 5.70 Å². The van der Waals surface area contributed by atoms with Crippen molar-refractivity contribution < 1.29 is 19.1 Å². The lowest BCUT2D eigenvalue weighted by Gasteiger charge is -2.05. The largest absolute Gasteiger partial charge is 0.497 e. The third-order valence-electron chi connectivity index (χ3n) is 2.66. The quantitative estimate of drug-likeness (QED) is 0.478. The number of nitrogens with two attached hydrogens (primary N) is 1. The summed E-state index contributed by atoms with van der Waals surface area (Å²) in [5, 5.41) is 8.76. The highest BCUT2D eigenvalue weighted by atomic mass is 16.5. The van der Waals surface area contributed by atoms with Crippen LogP contribution in [0.5, 0.6) is 5.75 Å². The zero-order chi connectivity index (χ0) is 15.8. The van der Waals surface area contributed by atoms with Crippen molar-refractivity contribution in [3.63, 3.8) is 0 Å². The molecule has 1 aromatic carbocycles. The number of allylic oxidation sites excluding steroid dienone is 1. The Morgan fingerprint density at radius 3 is 2.38 bits per heavy atom. The molecule has 0 aliphatic rings. The van der Waals surface area contributed by atoms with Crippen molar-refractivity contribution in [2.24, 2.45) is 5.73 Å². The topological polar surface area (TPSA) is 102 Å². The highest BCUT2D eigenvalue weighted by molar-refractivity contribution is 6.01. The van der Waals surface area contributed by atoms with Crippen LogP contribution < -0.4 is 10.5 Å². The van der Waals surface area contributed by atoms with Gasteiger partial charge in [0.05, 0.1) is 13.5 Å². The van der Waals surface area contributed by atoms with Crippen LogP contribution in [0.15, 0.2) is 35.5 Å². The van der Waals surface area contributed by atoms with E-state index in [1.807, 2.05) is 0 Å². The number of hydrogen-bond donors (Lipinski definition) is 1. The maximum absolute atomic E-state index is 11.6. The number of methoxy groups -OCH3 is 1. The number of ketones is 1. The number of hydrogen-bond acceptors (Lipinski definition) is 6. The molecule has 0 saturated carbocycles. The van der Waals surface area contributed by atoms with Crippen LogP contribution in [0.25, 0.3) is 0 Å². The standard InChI is InChI=1S/C15H16N2O4/c1-10(17)13(8-16)14(18)9-21-15(19)7-11-3-5-12(20-2)6-4-11/h3-6H,7,9,17H2,1-2H3/b13-10-. The summed E-state index contributed by atoms with van der Waals surface area (Å²) >= 11 is 0. The first-order valence-corrected chi connectivity index (χ1v) is 6.16. The summed E-state index contributed by atoms with van der Waals surface area (Å²) in [6.07, 6.45) is 0.0322. The third kappa shape index (κ3) is 4.99. The number of carbonyl (C=O) groups excluding carboxylic acids is 2. The number of nitriles is 1. The van der Waals surface area contributed by atoms with E-state index in [0.717, 1.165) is 5.56 Å². The fraction of sp³-hybridized carbons (Fsp3) is 0.267. The maximum Gasteiger partial charge on any atom is 0.310 e. The van der Waals surface area contributed by atoms with Crippen molar-refractivity contribution in [3.8, 4) is 11.8 Å². The van der Waals surface area contributed by atoms with Gasteiger partial charge in [0.1, 0.15) is 17.4 Å². The Morgan fingerprint density at radius 1 is 1.29 bits per heavy atom. The molecule has 2 N–H and O–H groups in total. The first-order valence-electron chi connectivity index (χ1n) is 6.16. The van der Waals surface area contributed by atoms with Crippen LogP contribution in [0.1, 0.15) is 12.5 Å². The second-order valence-electron chi connectivity index (χ2n) is 4.28. The SMILES string of the molecule is COc1ccc(CC(=O)OCC(=O)/C(C#N)=C(/C)N)cc1. The smallest absolute Gasteiger partial charge is 0.310 e. The molecule has 0 amide bonds. The highest BCUT2D eigenvalue weighted by Crippen LogP contribution is 2.12. The molecular formula is C15H16N2O4. The van der Waals surface area contributed by atoms with Crippen molar-refractivity contribution in [1.29, 1.82) is 5.26 Å². The van der Waals surface area contributed by atoms with Crippen molar-refractivity contribution in [2.75, 3.05) is 13.7 Å². The van der Waals surface area contributed by atoms with E-state index < -0.39 is 18.4 Å². The minimum absolute atomic E-state index is 0.0322. The average molecular weight is 288 g/mol. The summed E-state index contributed by atoms with van der Waals surface area (Å²) in [5.74, 6) is -0.481. The summed E-state index contributed by atoms with van der Waals surface area (Å²) in [7, 11) is 1.55. The molecule has 0 bridgehead atoms. The minimum Gasteiger partial charge on any atom is -0.497 e. The van der Waals surface area contributed by atoms with Gasteiger partial charge in [-0.1, -0.05) is 12.1 Å². The van der Waals surface area contributed by atoms with E-state index in [1.165, 1.54) is 6.92 Å². The zero-order valence-electron chi connectivity index (χ0n) is 11.9. The molecule has 0 spiro atoms. The number of carbonyl (C=O) groups is 2. The molecule has 0 atom stereocenters. The van der Waals surface area contributed by atoms with Crippen molar-refractivity contribution in [1.82, 2.24) is 0 Å². The molecule has 0 aliphatic heterocycles. The molecule has 0 unspecified atom stereocenters. The molecule has 0 heterocycles. The van der Waals surface area contributed by atoms with E-state index in [1.54, 1.807) is 37.4 Å². The summed E-state index contributed by atoms with van der Waals surface area (Å²) < 4.78 is 9.84. The monoisotopic (exact) mass is 288 g/mol. The lowest BCUT2D eigenvalue weighted by Crippen LogP contribution is -2.18. The number of benzene rings is 1. The molecule has 1 aromatic rings. The molecule has 0 aliphatic carbocycles. The Balaban J connectivity index is 2.53. The zero-order valence-corrected chi connectivity index (χ0v) is 11.9. The van der Waals surface area contributed by atoms with Crippen molar-refractivity contribution in [3.05, 3.63) is 41.1 Å². The number of nitrogens with zero attached hydrogens (tertiary/aromatic N) is 1. The molecule has 6 nitrogen and oxygen atoms in total. The fourth-order valence-electron chi connectivity index (χ4n) is 1.55. The molecule has 0 saturated heterocycles. The Labute approximate surface area is 122 Å². The molecule has 0 fully saturated rings. The minimum atomic E-state index is -0.611. The first-order chi connectivity index (χ1) is 9.97. The molecule has 0 radical (unpaired) electrons. The van der Waals surface area contributed by atoms with Gasteiger partial charge in [-0.15, -0.1) is 0 Å². The first kappa shape index (κ1) is 16.2. The molecule has 0 aromatic heterocycles. The van der Waals surface area contributed by atoms with Crippen molar-refractivity contribution >= 4 is 11.8 Å². The van der Waals surface area contributed by atoms with Gasteiger partial charge in [-0.05, 0) is 24.6 Å². The van der Waals surface area contributed by atoms with E-state index in [2.05, 4.69) is 0 Å². The summed E-state index contributed by atoms with van der Waals surface area (Å²) in [4.78, 5) is 23.2.